The molecule has 1 saturated heterocycles. The van der Waals surface area contributed by atoms with Crippen LogP contribution in [0.5, 0.6) is 0 Å². The number of hydrogen-bond acceptors (Lipinski definition) is 3. The fourth-order valence-electron chi connectivity index (χ4n) is 2.46. The molecule has 0 radical (unpaired) electrons. The van der Waals surface area contributed by atoms with Gasteiger partial charge in [0, 0.05) is 26.2 Å². The number of carbonyl (C=O) groups excluding carboxylic acids is 1. The quantitative estimate of drug-likeness (QED) is 0.862. The first-order chi connectivity index (χ1) is 8.52. The van der Waals surface area contributed by atoms with Crippen LogP contribution in [0.25, 0.3) is 0 Å². The molecule has 0 aromatic carbocycles. The Hall–Kier alpha value is -1.36. The molecular weight excluding hydrogens is 228 g/mol. The van der Waals surface area contributed by atoms with Gasteiger partial charge in [-0.1, -0.05) is 6.92 Å². The highest BCUT2D eigenvalue weighted by atomic mass is 16.2. The lowest BCUT2D eigenvalue weighted by Crippen LogP contribution is -2.33. The van der Waals surface area contributed by atoms with Crippen molar-refractivity contribution in [3.63, 3.8) is 0 Å². The van der Waals surface area contributed by atoms with E-state index < -0.39 is 0 Å². The Balaban J connectivity index is 2.10. The predicted octanol–water partition coefficient (Wildman–Crippen LogP) is 0.792. The summed E-state index contributed by atoms with van der Waals surface area (Å²) in [6.07, 6.45) is 1.85. The first-order valence-corrected chi connectivity index (χ1v) is 6.60. The average molecular weight is 250 g/mol. The molecule has 1 aromatic heterocycles. The molecule has 1 aromatic rings. The minimum atomic E-state index is 0.0767. The lowest BCUT2D eigenvalue weighted by atomic mass is 10.0. The van der Waals surface area contributed by atoms with Crippen molar-refractivity contribution in [2.45, 2.75) is 32.7 Å². The number of amides is 1. The molecule has 1 aliphatic heterocycles. The molecule has 100 valence electrons. The predicted molar refractivity (Wildman–Crippen MR) is 70.2 cm³/mol. The highest BCUT2D eigenvalue weighted by Crippen LogP contribution is 2.20. The number of nitrogens with two attached hydrogens (primary N) is 1. The summed E-state index contributed by atoms with van der Waals surface area (Å²) >= 11 is 0. The van der Waals surface area contributed by atoms with Gasteiger partial charge in [0.2, 0.25) is 0 Å². The minimum Gasteiger partial charge on any atom is -0.337 e. The highest BCUT2D eigenvalue weighted by Gasteiger charge is 2.30. The summed E-state index contributed by atoms with van der Waals surface area (Å²) in [4.78, 5) is 14.3. The number of rotatable bonds is 3. The zero-order valence-corrected chi connectivity index (χ0v) is 11.4. The third-order valence-corrected chi connectivity index (χ3v) is 3.77. The molecule has 2 N–H and O–H groups in total. The maximum Gasteiger partial charge on any atom is 0.272 e. The van der Waals surface area contributed by atoms with Gasteiger partial charge in [-0.3, -0.25) is 9.48 Å². The highest BCUT2D eigenvalue weighted by molar-refractivity contribution is 5.92. The fraction of sp³-hybridized carbons (Fsp3) is 0.692. The van der Waals surface area contributed by atoms with E-state index in [9.17, 15) is 4.79 Å². The van der Waals surface area contributed by atoms with Crippen molar-refractivity contribution in [2.75, 3.05) is 13.1 Å². The second-order valence-electron chi connectivity index (χ2n) is 5.16. The number of aromatic nitrogens is 2. The van der Waals surface area contributed by atoms with Crippen LogP contribution in [-0.4, -0.2) is 39.7 Å². The summed E-state index contributed by atoms with van der Waals surface area (Å²) < 4.78 is 1.68. The number of carbonyl (C=O) groups is 1. The molecule has 0 saturated carbocycles. The molecule has 2 atom stereocenters. The summed E-state index contributed by atoms with van der Waals surface area (Å²) in [6, 6.07) is 2.04. The molecule has 1 fully saturated rings. The summed E-state index contributed by atoms with van der Waals surface area (Å²) in [5, 5.41) is 4.32. The van der Waals surface area contributed by atoms with E-state index in [0.29, 0.717) is 11.6 Å². The van der Waals surface area contributed by atoms with Crippen molar-refractivity contribution in [2.24, 2.45) is 18.7 Å². The minimum absolute atomic E-state index is 0.0767. The van der Waals surface area contributed by atoms with Gasteiger partial charge in [0.05, 0.1) is 5.69 Å². The van der Waals surface area contributed by atoms with Gasteiger partial charge in [0.1, 0.15) is 5.69 Å². The molecule has 5 nitrogen and oxygen atoms in total. The zero-order valence-electron chi connectivity index (χ0n) is 11.4. The van der Waals surface area contributed by atoms with Crippen LogP contribution in [0.1, 0.15) is 36.5 Å². The van der Waals surface area contributed by atoms with Gasteiger partial charge in [-0.2, -0.15) is 5.10 Å². The van der Waals surface area contributed by atoms with Gasteiger partial charge < -0.3 is 10.6 Å². The number of likely N-dealkylation sites (tertiary alicyclic amines) is 1. The molecule has 2 rings (SSSR count). The van der Waals surface area contributed by atoms with Crippen LogP contribution in [0.2, 0.25) is 0 Å². The zero-order chi connectivity index (χ0) is 13.3. The van der Waals surface area contributed by atoms with Crippen molar-refractivity contribution in [3.05, 3.63) is 17.5 Å². The normalized spacial score (nSPS) is 21.3. The maximum atomic E-state index is 12.4. The molecule has 1 aliphatic rings. The molecule has 1 amide bonds. The summed E-state index contributed by atoms with van der Waals surface area (Å²) in [5.41, 5.74) is 7.54. The third kappa shape index (κ3) is 2.41. The molecular formula is C13H22N4O. The van der Waals surface area contributed by atoms with Crippen molar-refractivity contribution in [3.8, 4) is 0 Å². The second-order valence-corrected chi connectivity index (χ2v) is 5.16. The Morgan fingerprint density at radius 1 is 1.67 bits per heavy atom. The van der Waals surface area contributed by atoms with Gasteiger partial charge in [-0.15, -0.1) is 0 Å². The van der Waals surface area contributed by atoms with Crippen molar-refractivity contribution in [1.29, 1.82) is 0 Å². The van der Waals surface area contributed by atoms with Crippen molar-refractivity contribution < 1.29 is 4.79 Å². The van der Waals surface area contributed by atoms with E-state index in [1.807, 2.05) is 31.9 Å². The van der Waals surface area contributed by atoms with Crippen LogP contribution in [0, 0.1) is 5.92 Å². The SMILES string of the molecule is CCc1cc(C(=O)N2CCC(C(C)N)C2)n(C)n1. The van der Waals surface area contributed by atoms with Crippen LogP contribution in [0.15, 0.2) is 6.07 Å². The smallest absolute Gasteiger partial charge is 0.272 e. The van der Waals surface area contributed by atoms with E-state index in [2.05, 4.69) is 5.10 Å². The van der Waals surface area contributed by atoms with Crippen LogP contribution < -0.4 is 5.73 Å². The Morgan fingerprint density at radius 3 is 2.89 bits per heavy atom. The van der Waals surface area contributed by atoms with Gasteiger partial charge in [0.25, 0.3) is 5.91 Å². The fourth-order valence-corrected chi connectivity index (χ4v) is 2.46. The topological polar surface area (TPSA) is 64.2 Å². The van der Waals surface area contributed by atoms with E-state index in [0.717, 1.165) is 31.6 Å². The van der Waals surface area contributed by atoms with Crippen LogP contribution in [0.4, 0.5) is 0 Å². The monoisotopic (exact) mass is 250 g/mol. The lowest BCUT2D eigenvalue weighted by Gasteiger charge is -2.17. The van der Waals surface area contributed by atoms with Crippen LogP contribution in [0.3, 0.4) is 0 Å². The van der Waals surface area contributed by atoms with Gasteiger partial charge in [-0.05, 0) is 31.7 Å². The standard InChI is InChI=1S/C13H22N4O/c1-4-11-7-12(16(3)15-11)13(18)17-6-5-10(8-17)9(2)14/h7,9-10H,4-6,8,14H2,1-3H3. The molecule has 5 heteroatoms. The maximum absolute atomic E-state index is 12.4. The first kappa shape index (κ1) is 13.1. The largest absolute Gasteiger partial charge is 0.337 e. The van der Waals surface area contributed by atoms with Gasteiger partial charge in [0.15, 0.2) is 0 Å². The van der Waals surface area contributed by atoms with E-state index in [1.54, 1.807) is 4.68 Å². The van der Waals surface area contributed by atoms with E-state index in [-0.39, 0.29) is 11.9 Å². The van der Waals surface area contributed by atoms with E-state index in [4.69, 9.17) is 5.73 Å². The second kappa shape index (κ2) is 5.10. The van der Waals surface area contributed by atoms with Gasteiger partial charge >= 0.3 is 0 Å². The molecule has 0 bridgehead atoms. The summed E-state index contributed by atoms with van der Waals surface area (Å²) in [5.74, 6) is 0.501. The van der Waals surface area contributed by atoms with Crippen molar-refractivity contribution >= 4 is 5.91 Å². The van der Waals surface area contributed by atoms with Crippen LogP contribution in [-0.2, 0) is 13.5 Å². The Kier molecular flexibility index (Phi) is 3.71. The molecule has 0 spiro atoms. The Labute approximate surface area is 108 Å². The Bertz CT molecular complexity index is 438. The first-order valence-electron chi connectivity index (χ1n) is 6.60. The molecule has 2 heterocycles. The number of hydrogen-bond donors (Lipinski definition) is 1. The summed E-state index contributed by atoms with van der Waals surface area (Å²) in [7, 11) is 1.82. The van der Waals surface area contributed by atoms with Crippen LogP contribution >= 0.6 is 0 Å². The third-order valence-electron chi connectivity index (χ3n) is 3.77. The number of nitrogens with zero attached hydrogens (tertiary/aromatic N) is 3. The molecule has 0 aliphatic carbocycles. The van der Waals surface area contributed by atoms with Gasteiger partial charge in [-0.25, -0.2) is 0 Å². The van der Waals surface area contributed by atoms with E-state index in [1.165, 1.54) is 0 Å². The number of aryl methyl sites for hydroxylation is 2. The lowest BCUT2D eigenvalue weighted by molar-refractivity contribution is 0.0775. The van der Waals surface area contributed by atoms with E-state index >= 15 is 0 Å². The molecule has 18 heavy (non-hydrogen) atoms. The Morgan fingerprint density at radius 2 is 2.39 bits per heavy atom. The molecule has 2 unspecified atom stereocenters. The summed E-state index contributed by atoms with van der Waals surface area (Å²) in [6.45, 7) is 5.62. The van der Waals surface area contributed by atoms with Crippen molar-refractivity contribution in [1.82, 2.24) is 14.7 Å². The average Bonchev–Trinajstić information content (AvgIpc) is 2.94.